The Morgan fingerprint density at radius 2 is 0.886 bits per heavy atom. The number of hydrogen-bond acceptors (Lipinski definition) is 8. The highest BCUT2D eigenvalue weighted by Crippen LogP contribution is 2.24. The van der Waals surface area contributed by atoms with Crippen molar-refractivity contribution in [2.45, 2.75) is 0 Å². The van der Waals surface area contributed by atoms with E-state index < -0.39 is 0 Å². The Bertz CT molecular complexity index is 888. The SMILES string of the molecule is C1COCCOCCOCCOCCOCCO1.Clc1nc(-c2ccccc2)nc2ccccc12. The minimum atomic E-state index is 0.495. The monoisotopic (exact) mass is 504 g/mol. The van der Waals surface area contributed by atoms with Gasteiger partial charge in [0, 0.05) is 10.9 Å². The van der Waals surface area contributed by atoms with Gasteiger partial charge in [-0.2, -0.15) is 0 Å². The Hall–Kier alpha value is -2.17. The maximum absolute atomic E-state index is 6.16. The number of halogens is 1. The fraction of sp³-hybridized carbons (Fsp3) is 0.462. The molecule has 3 aromatic rings. The van der Waals surface area contributed by atoms with E-state index in [0.29, 0.717) is 90.3 Å². The van der Waals surface area contributed by atoms with Gasteiger partial charge in [0.15, 0.2) is 5.82 Å². The highest BCUT2D eigenvalue weighted by molar-refractivity contribution is 6.34. The third kappa shape index (κ3) is 11.0. The zero-order valence-electron chi connectivity index (χ0n) is 19.9. The lowest BCUT2D eigenvalue weighted by atomic mass is 10.2. The first kappa shape index (κ1) is 27.4. The minimum Gasteiger partial charge on any atom is -0.377 e. The third-order valence-corrected chi connectivity index (χ3v) is 5.11. The molecule has 0 aliphatic carbocycles. The molecule has 1 aliphatic heterocycles. The third-order valence-electron chi connectivity index (χ3n) is 4.82. The van der Waals surface area contributed by atoms with Gasteiger partial charge in [-0.15, -0.1) is 0 Å². The van der Waals surface area contributed by atoms with Crippen LogP contribution in [0.4, 0.5) is 0 Å². The fourth-order valence-corrected chi connectivity index (χ4v) is 3.31. The molecule has 4 rings (SSSR count). The van der Waals surface area contributed by atoms with Crippen LogP contribution in [0.5, 0.6) is 0 Å². The average molecular weight is 505 g/mol. The van der Waals surface area contributed by atoms with Crippen molar-refractivity contribution in [2.24, 2.45) is 0 Å². The summed E-state index contributed by atoms with van der Waals surface area (Å²) >= 11 is 6.16. The van der Waals surface area contributed by atoms with Gasteiger partial charge < -0.3 is 28.4 Å². The molecule has 0 unspecified atom stereocenters. The Balaban J connectivity index is 0.000000196. The molecule has 2 heterocycles. The standard InChI is InChI=1S/C14H9ClN2.C12H24O6/c15-13-11-8-4-5-9-12(11)16-14(17-13)10-6-2-1-3-7-10;1-2-14-5-6-16-9-10-18-12-11-17-8-7-15-4-3-13-1/h1-9H;1-12H2. The van der Waals surface area contributed by atoms with E-state index in [-0.39, 0.29) is 0 Å². The number of ether oxygens (including phenoxy) is 6. The van der Waals surface area contributed by atoms with Crippen LogP contribution in [0.1, 0.15) is 0 Å². The van der Waals surface area contributed by atoms with Crippen molar-refractivity contribution in [1.29, 1.82) is 0 Å². The molecule has 9 heteroatoms. The summed E-state index contributed by atoms with van der Waals surface area (Å²) in [5, 5.41) is 1.38. The van der Waals surface area contributed by atoms with Crippen molar-refractivity contribution in [2.75, 3.05) is 79.3 Å². The maximum Gasteiger partial charge on any atom is 0.161 e. The molecule has 0 N–H and O–H groups in total. The van der Waals surface area contributed by atoms with E-state index in [4.69, 9.17) is 40.0 Å². The van der Waals surface area contributed by atoms with E-state index in [1.165, 1.54) is 0 Å². The van der Waals surface area contributed by atoms with Gasteiger partial charge in [0.25, 0.3) is 0 Å². The van der Waals surface area contributed by atoms with E-state index >= 15 is 0 Å². The summed E-state index contributed by atoms with van der Waals surface area (Å²) in [4.78, 5) is 8.84. The van der Waals surface area contributed by atoms with Gasteiger partial charge in [0.05, 0.1) is 84.8 Å². The predicted octanol–water partition coefficient (Wildman–Crippen LogP) is 4.05. The number of benzene rings is 2. The van der Waals surface area contributed by atoms with Crippen LogP contribution in [0, 0.1) is 0 Å². The summed E-state index contributed by atoms with van der Waals surface area (Å²) in [5.41, 5.74) is 1.84. The molecule has 190 valence electrons. The molecule has 0 saturated carbocycles. The van der Waals surface area contributed by atoms with Gasteiger partial charge >= 0.3 is 0 Å². The Morgan fingerprint density at radius 1 is 0.486 bits per heavy atom. The number of aromatic nitrogens is 2. The van der Waals surface area contributed by atoms with Crippen molar-refractivity contribution in [1.82, 2.24) is 9.97 Å². The molecular formula is C26H33ClN2O6. The quantitative estimate of drug-likeness (QED) is 0.459. The Kier molecular flexibility index (Phi) is 13.5. The van der Waals surface area contributed by atoms with Crippen molar-refractivity contribution in [3.05, 3.63) is 59.8 Å². The molecule has 1 aromatic heterocycles. The summed E-state index contributed by atoms with van der Waals surface area (Å²) in [6.45, 7) is 7.04. The van der Waals surface area contributed by atoms with Crippen LogP contribution in [0.15, 0.2) is 54.6 Å². The van der Waals surface area contributed by atoms with Gasteiger partial charge in [0.2, 0.25) is 0 Å². The van der Waals surface area contributed by atoms with Crippen LogP contribution >= 0.6 is 11.6 Å². The second-order valence-corrected chi connectivity index (χ2v) is 7.75. The van der Waals surface area contributed by atoms with Gasteiger partial charge in [0.1, 0.15) is 5.15 Å². The topological polar surface area (TPSA) is 81.2 Å². The van der Waals surface area contributed by atoms with E-state index in [1.807, 2.05) is 54.6 Å². The van der Waals surface area contributed by atoms with Crippen molar-refractivity contribution >= 4 is 22.5 Å². The van der Waals surface area contributed by atoms with Gasteiger partial charge in [-0.3, -0.25) is 0 Å². The molecule has 0 radical (unpaired) electrons. The summed E-state index contributed by atoms with van der Waals surface area (Å²) in [6, 6.07) is 17.6. The normalized spacial score (nSPS) is 17.5. The van der Waals surface area contributed by atoms with Crippen LogP contribution in [-0.4, -0.2) is 89.3 Å². The zero-order chi connectivity index (χ0) is 24.4. The number of hydrogen-bond donors (Lipinski definition) is 0. The molecular weight excluding hydrogens is 472 g/mol. The minimum absolute atomic E-state index is 0.495. The predicted molar refractivity (Wildman–Crippen MR) is 135 cm³/mol. The highest BCUT2D eigenvalue weighted by atomic mass is 35.5. The van der Waals surface area contributed by atoms with E-state index in [9.17, 15) is 0 Å². The molecule has 0 bridgehead atoms. The first-order valence-electron chi connectivity index (χ1n) is 11.8. The van der Waals surface area contributed by atoms with Crippen LogP contribution in [-0.2, 0) is 28.4 Å². The summed E-state index contributed by atoms with van der Waals surface area (Å²) in [5.74, 6) is 0.661. The van der Waals surface area contributed by atoms with E-state index in [2.05, 4.69) is 9.97 Å². The first-order chi connectivity index (χ1) is 17.3. The van der Waals surface area contributed by atoms with Crippen molar-refractivity contribution in [3.63, 3.8) is 0 Å². The van der Waals surface area contributed by atoms with Crippen LogP contribution in [0.3, 0.4) is 0 Å². The first-order valence-corrected chi connectivity index (χ1v) is 12.2. The van der Waals surface area contributed by atoms with E-state index in [0.717, 1.165) is 16.5 Å². The van der Waals surface area contributed by atoms with Crippen LogP contribution in [0.25, 0.3) is 22.3 Å². The van der Waals surface area contributed by atoms with Crippen molar-refractivity contribution in [3.8, 4) is 11.4 Å². The number of para-hydroxylation sites is 1. The van der Waals surface area contributed by atoms with Crippen molar-refractivity contribution < 1.29 is 28.4 Å². The number of rotatable bonds is 1. The fourth-order valence-electron chi connectivity index (χ4n) is 3.07. The van der Waals surface area contributed by atoms with Gasteiger partial charge in [-0.25, -0.2) is 9.97 Å². The number of fused-ring (bicyclic) bond motifs is 1. The average Bonchev–Trinajstić information content (AvgIpc) is 2.90. The molecule has 1 saturated heterocycles. The molecule has 0 spiro atoms. The van der Waals surface area contributed by atoms with Crippen LogP contribution in [0.2, 0.25) is 5.15 Å². The number of nitrogens with zero attached hydrogens (tertiary/aromatic N) is 2. The molecule has 1 fully saturated rings. The summed E-state index contributed by atoms with van der Waals surface area (Å²) in [7, 11) is 0. The van der Waals surface area contributed by atoms with Gasteiger partial charge in [-0.05, 0) is 12.1 Å². The van der Waals surface area contributed by atoms with Crippen LogP contribution < -0.4 is 0 Å². The highest BCUT2D eigenvalue weighted by Gasteiger charge is 2.06. The van der Waals surface area contributed by atoms with Gasteiger partial charge in [-0.1, -0.05) is 54.1 Å². The molecule has 2 aromatic carbocycles. The molecule has 8 nitrogen and oxygen atoms in total. The Labute approximate surface area is 211 Å². The molecule has 0 amide bonds. The molecule has 0 atom stereocenters. The van der Waals surface area contributed by atoms with E-state index in [1.54, 1.807) is 0 Å². The summed E-state index contributed by atoms with van der Waals surface area (Å²) in [6.07, 6.45) is 0. The lowest BCUT2D eigenvalue weighted by molar-refractivity contribution is -0.0334. The molecule has 1 aliphatic rings. The maximum atomic E-state index is 6.16. The largest absolute Gasteiger partial charge is 0.377 e. The smallest absolute Gasteiger partial charge is 0.161 e. The molecule has 35 heavy (non-hydrogen) atoms. The summed E-state index contributed by atoms with van der Waals surface area (Å²) < 4.78 is 32.0. The lowest BCUT2D eigenvalue weighted by Crippen LogP contribution is -2.16. The Morgan fingerprint density at radius 3 is 1.34 bits per heavy atom. The second-order valence-electron chi connectivity index (χ2n) is 7.40. The second kappa shape index (κ2) is 17.3. The zero-order valence-corrected chi connectivity index (χ0v) is 20.7. The lowest BCUT2D eigenvalue weighted by Gasteiger charge is -2.09.